The molecule has 15 heteroatoms. The number of anilines is 2. The lowest BCUT2D eigenvalue weighted by Crippen LogP contribution is -2.51. The Bertz CT molecular complexity index is 1630. The molecular weight excluding hydrogens is 628 g/mol. The van der Waals surface area contributed by atoms with Crippen LogP contribution in [-0.2, 0) is 30.8 Å². The molecule has 0 atom stereocenters. The zero-order valence-corrected chi connectivity index (χ0v) is 27.4. The number of aromatic nitrogens is 2. The minimum absolute atomic E-state index is 0.0179. The Morgan fingerprint density at radius 2 is 1.77 bits per heavy atom. The summed E-state index contributed by atoms with van der Waals surface area (Å²) in [6, 6.07) is 11.5. The summed E-state index contributed by atoms with van der Waals surface area (Å²) in [7, 11) is -4.02. The number of nitrogens with one attached hydrogen (secondary N) is 2. The number of aliphatic hydroxyl groups is 1. The number of benzene rings is 2. The maximum absolute atomic E-state index is 13.7. The maximum Gasteiger partial charge on any atom is 0.278 e. The molecule has 0 aliphatic carbocycles. The number of nitrogens with zero attached hydrogens (tertiary/aromatic N) is 3. The molecule has 0 radical (unpaired) electrons. The average molecular weight is 671 g/mol. The van der Waals surface area contributed by atoms with Gasteiger partial charge in [0.25, 0.3) is 5.91 Å². The van der Waals surface area contributed by atoms with E-state index in [0.717, 1.165) is 25.3 Å². The summed E-state index contributed by atoms with van der Waals surface area (Å²) in [5.41, 5.74) is 7.04. The highest BCUT2D eigenvalue weighted by Gasteiger charge is 2.36. The van der Waals surface area contributed by atoms with Crippen LogP contribution in [0.3, 0.4) is 0 Å². The zero-order chi connectivity index (χ0) is 33.4. The Balaban J connectivity index is 1.45. The second-order valence-electron chi connectivity index (χ2n) is 11.9. The number of rotatable bonds is 6. The van der Waals surface area contributed by atoms with Crippen LogP contribution in [0.4, 0.5) is 11.5 Å². The molecule has 1 fully saturated rings. The summed E-state index contributed by atoms with van der Waals surface area (Å²) < 4.78 is 51.4. The Labute approximate surface area is 274 Å². The third-order valence-corrected chi connectivity index (χ3v) is 10.0. The fourth-order valence-electron chi connectivity index (χ4n) is 5.12. The van der Waals surface area contributed by atoms with Crippen molar-refractivity contribution in [2.24, 2.45) is 5.92 Å². The Hall–Kier alpha value is -3.70. The predicted molar refractivity (Wildman–Crippen MR) is 174 cm³/mol. The number of amides is 1. The number of sulfonamides is 1. The summed E-state index contributed by atoms with van der Waals surface area (Å²) in [6.07, 6.45) is 1.42. The number of carbonyl (C=O) groups excluding carboxylic acids is 1. The lowest BCUT2D eigenvalue weighted by Gasteiger charge is -2.36. The van der Waals surface area contributed by atoms with Crippen LogP contribution in [0.2, 0.25) is 0 Å². The number of fused-ring (bicyclic) bond motifs is 13. The number of hydrogen-bond acceptors (Lipinski definition) is 12. The first-order chi connectivity index (χ1) is 22.6. The molecule has 47 heavy (non-hydrogen) atoms. The summed E-state index contributed by atoms with van der Waals surface area (Å²) in [5.74, 6) is 0.298. The largest absolute Gasteiger partial charge is 0.489 e. The van der Waals surface area contributed by atoms with Gasteiger partial charge in [-0.25, -0.2) is 18.4 Å². The molecule has 1 amide bonds. The minimum atomic E-state index is -4.02. The molecular formula is C32H42N6O8S. The van der Waals surface area contributed by atoms with Crippen LogP contribution in [0.25, 0.3) is 11.3 Å². The molecule has 3 aliphatic heterocycles. The normalized spacial score (nSPS) is 18.6. The van der Waals surface area contributed by atoms with Gasteiger partial charge in [-0.3, -0.25) is 4.79 Å². The first-order valence-corrected chi connectivity index (χ1v) is 16.9. The van der Waals surface area contributed by atoms with Crippen LogP contribution in [0.5, 0.6) is 5.75 Å². The molecule has 6 rings (SSSR count). The van der Waals surface area contributed by atoms with Crippen molar-refractivity contribution in [1.29, 1.82) is 0 Å². The van der Waals surface area contributed by atoms with Crippen molar-refractivity contribution < 1.29 is 37.3 Å². The molecule has 3 aromatic rings. The van der Waals surface area contributed by atoms with Gasteiger partial charge in [0.05, 0.1) is 74.3 Å². The second-order valence-corrected chi connectivity index (χ2v) is 13.8. The van der Waals surface area contributed by atoms with Crippen molar-refractivity contribution in [3.05, 3.63) is 59.9 Å². The minimum Gasteiger partial charge on any atom is -0.489 e. The van der Waals surface area contributed by atoms with E-state index in [4.69, 9.17) is 24.7 Å². The van der Waals surface area contributed by atoms with Gasteiger partial charge in [0.1, 0.15) is 12.4 Å². The predicted octanol–water partition coefficient (Wildman–Crippen LogP) is 1.90. The standard InChI is InChI=1S/C32H42N6O8S/c1-32(2,21-39)38-10-11-43-12-13-44-14-15-46-29-24(17-34-16-22-19-45-20-22)4-3-5-26(29)37-31(40)28-30(33)35-18-27(36-28)23-6-8-25(9-7-23)47(38,41)42/h3-9,18,22,34,39H,10-17,19-21H2,1-2H3,(H2,33,35)(H,37,40). The van der Waals surface area contributed by atoms with Crippen molar-refractivity contribution in [3.8, 4) is 17.0 Å². The lowest BCUT2D eigenvalue weighted by molar-refractivity contribution is -0.0307. The molecule has 1 saturated heterocycles. The fourth-order valence-corrected chi connectivity index (χ4v) is 6.87. The number of nitrogen functional groups attached to an aromatic ring is 1. The molecule has 254 valence electrons. The number of para-hydroxylation sites is 1. The topological polar surface area (TPSA) is 187 Å². The van der Waals surface area contributed by atoms with Crippen molar-refractivity contribution >= 4 is 27.4 Å². The van der Waals surface area contributed by atoms with Crippen LogP contribution >= 0.6 is 0 Å². The smallest absolute Gasteiger partial charge is 0.278 e. The van der Waals surface area contributed by atoms with E-state index in [1.165, 1.54) is 22.6 Å². The van der Waals surface area contributed by atoms with Gasteiger partial charge >= 0.3 is 0 Å². The number of aliphatic hydroxyl groups excluding tert-OH is 1. The first-order valence-electron chi connectivity index (χ1n) is 15.5. The van der Waals surface area contributed by atoms with Crippen molar-refractivity contribution in [2.45, 2.75) is 30.8 Å². The molecule has 3 aliphatic rings. The van der Waals surface area contributed by atoms with Gasteiger partial charge in [0.15, 0.2) is 11.5 Å². The average Bonchev–Trinajstić information content (AvgIpc) is 3.03. The van der Waals surface area contributed by atoms with E-state index in [0.29, 0.717) is 35.2 Å². The Morgan fingerprint density at radius 1 is 1.04 bits per heavy atom. The maximum atomic E-state index is 13.7. The van der Waals surface area contributed by atoms with E-state index in [1.54, 1.807) is 32.0 Å². The Kier molecular flexibility index (Phi) is 11.4. The fraction of sp³-hybridized carbons (Fsp3) is 0.469. The highest BCUT2D eigenvalue weighted by molar-refractivity contribution is 7.89. The van der Waals surface area contributed by atoms with Gasteiger partial charge in [0, 0.05) is 36.7 Å². The first kappa shape index (κ1) is 34.6. The number of hydrogen-bond donors (Lipinski definition) is 4. The zero-order valence-electron chi connectivity index (χ0n) is 26.6. The van der Waals surface area contributed by atoms with E-state index in [9.17, 15) is 18.3 Å². The van der Waals surface area contributed by atoms with Gasteiger partial charge < -0.3 is 40.4 Å². The van der Waals surface area contributed by atoms with Gasteiger partial charge in [-0.1, -0.05) is 24.3 Å². The molecule has 0 spiro atoms. The van der Waals surface area contributed by atoms with E-state index < -0.39 is 28.1 Å². The summed E-state index contributed by atoms with van der Waals surface area (Å²) in [4.78, 5) is 22.2. The number of ether oxygens (including phenoxy) is 4. The number of nitrogens with two attached hydrogens (primary N) is 1. The quantitative estimate of drug-likeness (QED) is 0.280. The second kappa shape index (κ2) is 15.5. The summed E-state index contributed by atoms with van der Waals surface area (Å²) in [5, 5.41) is 16.3. The molecule has 2 aromatic carbocycles. The molecule has 0 unspecified atom stereocenters. The van der Waals surface area contributed by atoms with Crippen LogP contribution in [-0.4, -0.2) is 105 Å². The van der Waals surface area contributed by atoms with Gasteiger partial charge in [-0.2, -0.15) is 4.31 Å². The van der Waals surface area contributed by atoms with Crippen molar-refractivity contribution in [2.75, 3.05) is 77.0 Å². The monoisotopic (exact) mass is 670 g/mol. The van der Waals surface area contributed by atoms with E-state index in [2.05, 4.69) is 20.6 Å². The van der Waals surface area contributed by atoms with E-state index >= 15 is 0 Å². The van der Waals surface area contributed by atoms with Crippen LogP contribution in [0.1, 0.15) is 29.9 Å². The number of carbonyl (C=O) groups is 1. The van der Waals surface area contributed by atoms with Crippen molar-refractivity contribution in [1.82, 2.24) is 19.6 Å². The molecule has 4 heterocycles. The molecule has 1 aromatic heterocycles. The SMILES string of the molecule is CC(C)(CO)N1CCOCCOCCOc2c(CNCC3COC3)cccc2NC(=O)c2nc(cnc2N)-c2ccc(cc2)S1(=O)=O. The highest BCUT2D eigenvalue weighted by atomic mass is 32.2. The highest BCUT2D eigenvalue weighted by Crippen LogP contribution is 2.31. The lowest BCUT2D eigenvalue weighted by atomic mass is 10.1. The third kappa shape index (κ3) is 8.43. The summed E-state index contributed by atoms with van der Waals surface area (Å²) >= 11 is 0. The molecule has 5 N–H and O–H groups in total. The summed E-state index contributed by atoms with van der Waals surface area (Å²) in [6.45, 7) is 6.70. The molecule has 4 bridgehead atoms. The third-order valence-electron chi connectivity index (χ3n) is 7.90. The van der Waals surface area contributed by atoms with Gasteiger partial charge in [-0.15, -0.1) is 0 Å². The van der Waals surface area contributed by atoms with Gasteiger partial charge in [-0.05, 0) is 32.0 Å². The van der Waals surface area contributed by atoms with Crippen molar-refractivity contribution in [3.63, 3.8) is 0 Å². The van der Waals surface area contributed by atoms with E-state index in [-0.39, 0.29) is 56.0 Å². The van der Waals surface area contributed by atoms with Crippen LogP contribution in [0, 0.1) is 5.92 Å². The van der Waals surface area contributed by atoms with E-state index in [1.807, 2.05) is 12.1 Å². The van der Waals surface area contributed by atoms with Crippen LogP contribution in [0.15, 0.2) is 53.6 Å². The Morgan fingerprint density at radius 3 is 2.47 bits per heavy atom. The van der Waals surface area contributed by atoms with Crippen LogP contribution < -0.4 is 21.1 Å². The van der Waals surface area contributed by atoms with Gasteiger partial charge in [0.2, 0.25) is 10.0 Å². The molecule has 0 saturated carbocycles. The molecule has 14 nitrogen and oxygen atoms in total.